The van der Waals surface area contributed by atoms with Crippen molar-refractivity contribution in [3.05, 3.63) is 138 Å². The molecule has 0 radical (unpaired) electrons. The van der Waals surface area contributed by atoms with Crippen LogP contribution in [0.1, 0.15) is 16.7 Å². The van der Waals surface area contributed by atoms with E-state index in [0.29, 0.717) is 4.90 Å². The van der Waals surface area contributed by atoms with Gasteiger partial charge < -0.3 is 0 Å². The zero-order valence-corrected chi connectivity index (χ0v) is 16.1. The summed E-state index contributed by atoms with van der Waals surface area (Å²) >= 11 is 0. The normalized spacial score (nSPS) is 11.9. The quantitative estimate of drug-likeness (QED) is 0.429. The first-order valence-corrected chi connectivity index (χ1v) is 10.6. The molecule has 0 unspecified atom stereocenters. The summed E-state index contributed by atoms with van der Waals surface area (Å²) in [6.07, 6.45) is 0. The average Bonchev–Trinajstić information content (AvgIpc) is 2.77. The van der Waals surface area contributed by atoms with Gasteiger partial charge in [0.1, 0.15) is 0 Å². The molecule has 0 aliphatic heterocycles. The third-order valence-electron chi connectivity index (χ3n) is 5.00. The Morgan fingerprint density at radius 1 is 0.429 bits per heavy atom. The number of hydrogen-bond donors (Lipinski definition) is 0. The van der Waals surface area contributed by atoms with Crippen molar-refractivity contribution in [1.82, 2.24) is 0 Å². The molecule has 0 bridgehead atoms. The summed E-state index contributed by atoms with van der Waals surface area (Å²) in [4.78, 5) is 0.298. The molecule has 4 aromatic rings. The van der Waals surface area contributed by atoms with Crippen molar-refractivity contribution in [3.63, 3.8) is 0 Å². The van der Waals surface area contributed by atoms with E-state index in [2.05, 4.69) is 0 Å². The molecule has 0 atom stereocenters. The minimum Gasteiger partial charge on any atom is -0.222 e. The van der Waals surface area contributed by atoms with Crippen LogP contribution in [0, 0.1) is 0 Å². The summed E-state index contributed by atoms with van der Waals surface area (Å²) in [6.45, 7) is 0. The third kappa shape index (κ3) is 2.85. The lowest BCUT2D eigenvalue weighted by atomic mass is 9.84. The smallest absolute Gasteiger partial charge is 0.196 e. The Balaban J connectivity index is 2.17. The maximum Gasteiger partial charge on any atom is 0.196 e. The molecule has 0 aliphatic carbocycles. The Morgan fingerprint density at radius 3 is 1.04 bits per heavy atom. The third-order valence-corrected chi connectivity index (χ3v) is 7.40. The van der Waals surface area contributed by atoms with Crippen LogP contribution in [-0.4, -0.2) is 8.42 Å². The van der Waals surface area contributed by atoms with Gasteiger partial charge in [0.25, 0.3) is 0 Å². The zero-order chi connectivity index (χ0) is 19.5. The first-order chi connectivity index (χ1) is 13.7. The molecule has 2 nitrogen and oxygen atoms in total. The molecule has 0 heterocycles. The van der Waals surface area contributed by atoms with Crippen LogP contribution in [0.2, 0.25) is 0 Å². The van der Waals surface area contributed by atoms with Crippen molar-refractivity contribution in [1.29, 1.82) is 0 Å². The lowest BCUT2D eigenvalue weighted by Gasteiger charge is -2.35. The van der Waals surface area contributed by atoms with E-state index in [1.165, 1.54) is 0 Å². The van der Waals surface area contributed by atoms with Crippen LogP contribution in [0.5, 0.6) is 0 Å². The van der Waals surface area contributed by atoms with E-state index in [9.17, 15) is 8.42 Å². The van der Waals surface area contributed by atoms with Crippen molar-refractivity contribution < 1.29 is 8.42 Å². The van der Waals surface area contributed by atoms with Gasteiger partial charge in [-0.05, 0) is 28.8 Å². The molecule has 0 aliphatic rings. The number of hydrogen-bond acceptors (Lipinski definition) is 2. The molecule has 0 fully saturated rings. The second-order valence-electron chi connectivity index (χ2n) is 6.60. The lowest BCUT2D eigenvalue weighted by Crippen LogP contribution is -2.38. The van der Waals surface area contributed by atoms with E-state index in [-0.39, 0.29) is 0 Å². The standard InChI is InChI=1S/C25H20O2S/c26-28(27,24-19-11-4-12-20-24)25(21-13-5-1-6-14-21,22-15-7-2-8-16-22)23-17-9-3-10-18-23/h1-20H. The Labute approximate surface area is 166 Å². The Kier molecular flexibility index (Phi) is 4.84. The van der Waals surface area contributed by atoms with Crippen molar-refractivity contribution in [2.24, 2.45) is 0 Å². The zero-order valence-electron chi connectivity index (χ0n) is 15.3. The minimum absolute atomic E-state index is 0.298. The maximum absolute atomic E-state index is 14.3. The highest BCUT2D eigenvalue weighted by atomic mass is 32.2. The largest absolute Gasteiger partial charge is 0.222 e. The van der Waals surface area contributed by atoms with E-state index in [1.54, 1.807) is 24.3 Å². The van der Waals surface area contributed by atoms with Crippen LogP contribution >= 0.6 is 0 Å². The van der Waals surface area contributed by atoms with Crippen LogP contribution in [0.25, 0.3) is 0 Å². The predicted molar refractivity (Wildman–Crippen MR) is 113 cm³/mol. The summed E-state index contributed by atoms with van der Waals surface area (Å²) in [5.41, 5.74) is 2.16. The van der Waals surface area contributed by atoms with E-state index in [1.807, 2.05) is 97.1 Å². The molecule has 3 heteroatoms. The van der Waals surface area contributed by atoms with E-state index in [4.69, 9.17) is 0 Å². The SMILES string of the molecule is O=S(=O)(c1ccccc1)C(c1ccccc1)(c1ccccc1)c1ccccc1. The van der Waals surface area contributed by atoms with Crippen LogP contribution in [0.15, 0.2) is 126 Å². The first-order valence-electron chi connectivity index (χ1n) is 9.13. The highest BCUT2D eigenvalue weighted by Gasteiger charge is 2.49. The fourth-order valence-corrected chi connectivity index (χ4v) is 5.97. The topological polar surface area (TPSA) is 34.1 Å². The Bertz CT molecular complexity index is 1040. The van der Waals surface area contributed by atoms with Crippen LogP contribution in [0.3, 0.4) is 0 Å². The van der Waals surface area contributed by atoms with E-state index >= 15 is 0 Å². The Morgan fingerprint density at radius 2 is 0.714 bits per heavy atom. The molecule has 0 saturated heterocycles. The highest BCUT2D eigenvalue weighted by molar-refractivity contribution is 7.92. The molecule has 4 rings (SSSR count). The second kappa shape index (κ2) is 7.45. The molecular formula is C25H20O2S. The molecule has 0 spiro atoms. The van der Waals surface area contributed by atoms with Gasteiger partial charge in [0.05, 0.1) is 4.90 Å². The molecule has 0 amide bonds. The fraction of sp³-hybridized carbons (Fsp3) is 0.0400. The lowest BCUT2D eigenvalue weighted by molar-refractivity contribution is 0.572. The molecule has 28 heavy (non-hydrogen) atoms. The van der Waals surface area contributed by atoms with Crippen LogP contribution in [-0.2, 0) is 14.6 Å². The number of rotatable bonds is 5. The van der Waals surface area contributed by atoms with Gasteiger partial charge in [-0.15, -0.1) is 0 Å². The molecule has 0 N–H and O–H groups in total. The van der Waals surface area contributed by atoms with Gasteiger partial charge in [-0.2, -0.15) is 0 Å². The minimum atomic E-state index is -3.82. The monoisotopic (exact) mass is 384 g/mol. The summed E-state index contributed by atoms with van der Waals surface area (Å²) in [7, 11) is -3.82. The fourth-order valence-electron chi connectivity index (χ4n) is 3.76. The van der Waals surface area contributed by atoms with Crippen molar-refractivity contribution in [2.75, 3.05) is 0 Å². The Hall–Kier alpha value is -3.17. The van der Waals surface area contributed by atoms with Crippen molar-refractivity contribution in [3.8, 4) is 0 Å². The first kappa shape index (κ1) is 18.2. The molecule has 0 saturated carbocycles. The van der Waals surface area contributed by atoms with Gasteiger partial charge in [0, 0.05) is 0 Å². The number of benzene rings is 4. The summed E-state index contributed by atoms with van der Waals surface area (Å²) in [6, 6.07) is 37.0. The maximum atomic E-state index is 14.3. The van der Waals surface area contributed by atoms with Gasteiger partial charge >= 0.3 is 0 Å². The van der Waals surface area contributed by atoms with Gasteiger partial charge in [0.15, 0.2) is 14.6 Å². The van der Waals surface area contributed by atoms with E-state index < -0.39 is 14.6 Å². The molecule has 138 valence electrons. The predicted octanol–water partition coefficient (Wildman–Crippen LogP) is 5.45. The summed E-state index contributed by atoms with van der Waals surface area (Å²) < 4.78 is 27.2. The van der Waals surface area contributed by atoms with Crippen molar-refractivity contribution in [2.45, 2.75) is 9.64 Å². The summed E-state index contributed by atoms with van der Waals surface area (Å²) in [5, 5.41) is 0. The van der Waals surface area contributed by atoms with Crippen LogP contribution < -0.4 is 0 Å². The average molecular weight is 385 g/mol. The van der Waals surface area contributed by atoms with Crippen LogP contribution in [0.4, 0.5) is 0 Å². The van der Waals surface area contributed by atoms with Crippen molar-refractivity contribution >= 4 is 9.84 Å². The second-order valence-corrected chi connectivity index (χ2v) is 8.69. The van der Waals surface area contributed by atoms with Gasteiger partial charge in [-0.3, -0.25) is 0 Å². The van der Waals surface area contributed by atoms with Gasteiger partial charge in [0.2, 0.25) is 0 Å². The van der Waals surface area contributed by atoms with E-state index in [0.717, 1.165) is 16.7 Å². The molecular weight excluding hydrogens is 364 g/mol. The van der Waals surface area contributed by atoms with Gasteiger partial charge in [-0.1, -0.05) is 109 Å². The number of sulfone groups is 1. The highest BCUT2D eigenvalue weighted by Crippen LogP contribution is 2.46. The summed E-state index contributed by atoms with van der Waals surface area (Å²) in [5.74, 6) is 0. The van der Waals surface area contributed by atoms with Gasteiger partial charge in [-0.25, -0.2) is 8.42 Å². The molecule has 0 aromatic heterocycles. The molecule has 4 aromatic carbocycles.